The maximum atomic E-state index is 12.2. The third-order valence-corrected chi connectivity index (χ3v) is 5.13. The van der Waals surface area contributed by atoms with Crippen LogP contribution >= 0.6 is 21.6 Å². The summed E-state index contributed by atoms with van der Waals surface area (Å²) in [5.41, 5.74) is 0.657. The van der Waals surface area contributed by atoms with Gasteiger partial charge in [0.25, 0.3) is 0 Å². The van der Waals surface area contributed by atoms with Gasteiger partial charge in [-0.1, -0.05) is 18.2 Å². The van der Waals surface area contributed by atoms with Crippen LogP contribution < -0.4 is 10.1 Å². The van der Waals surface area contributed by atoms with Crippen molar-refractivity contribution in [1.82, 2.24) is 14.8 Å². The molecule has 0 aliphatic carbocycles. The number of carbonyl (C=O) groups is 1. The smallest absolute Gasteiger partial charge is 0.348 e. The van der Waals surface area contributed by atoms with Crippen molar-refractivity contribution in [3.8, 4) is 5.75 Å². The summed E-state index contributed by atoms with van der Waals surface area (Å²) >= 11 is 0. The van der Waals surface area contributed by atoms with Gasteiger partial charge in [0, 0.05) is 10.6 Å². The molecule has 0 aliphatic heterocycles. The number of aromatic nitrogens is 3. The zero-order valence-electron chi connectivity index (χ0n) is 12.7. The number of amides is 1. The van der Waals surface area contributed by atoms with Gasteiger partial charge in [0.15, 0.2) is 0 Å². The highest BCUT2D eigenvalue weighted by molar-refractivity contribution is 8.76. The highest BCUT2D eigenvalue weighted by Crippen LogP contribution is 2.34. The molecule has 2 aromatic carbocycles. The Labute approximate surface area is 147 Å². The van der Waals surface area contributed by atoms with Crippen LogP contribution in [0, 0.1) is 0 Å². The van der Waals surface area contributed by atoms with Crippen molar-refractivity contribution in [2.75, 3.05) is 12.4 Å². The number of ether oxygens (including phenoxy) is 1. The van der Waals surface area contributed by atoms with Crippen molar-refractivity contribution in [3.05, 3.63) is 60.9 Å². The maximum absolute atomic E-state index is 12.2. The van der Waals surface area contributed by atoms with Gasteiger partial charge in [-0.15, -0.1) is 5.10 Å². The second-order valence-electron chi connectivity index (χ2n) is 4.61. The molecule has 0 aliphatic rings. The van der Waals surface area contributed by atoms with Crippen LogP contribution in [-0.2, 0) is 0 Å². The van der Waals surface area contributed by atoms with Crippen LogP contribution in [0.2, 0.25) is 0 Å². The number of rotatable bonds is 5. The van der Waals surface area contributed by atoms with E-state index >= 15 is 0 Å². The zero-order valence-corrected chi connectivity index (χ0v) is 14.4. The van der Waals surface area contributed by atoms with Gasteiger partial charge in [-0.25, -0.2) is 9.78 Å². The lowest BCUT2D eigenvalue weighted by atomic mass is 10.3. The standard InChI is InChI=1S/C16H14N4O2S2/c1-22-13-9-7-12(8-10-13)18-16(21)20-11-17-15(19-20)24-23-14-5-3-2-4-6-14/h2-11H,1H3,(H,18,21). The van der Waals surface area contributed by atoms with Crippen LogP contribution in [0.5, 0.6) is 5.75 Å². The van der Waals surface area contributed by atoms with Gasteiger partial charge >= 0.3 is 6.03 Å². The average Bonchev–Trinajstić information content (AvgIpc) is 3.11. The maximum Gasteiger partial charge on any atom is 0.348 e. The molecule has 3 rings (SSSR count). The lowest BCUT2D eigenvalue weighted by molar-refractivity contribution is 0.250. The number of hydrogen-bond donors (Lipinski definition) is 1. The number of nitrogens with one attached hydrogen (secondary N) is 1. The number of benzene rings is 2. The van der Waals surface area contributed by atoms with Gasteiger partial charge in [0.1, 0.15) is 12.1 Å². The number of nitrogens with zero attached hydrogens (tertiary/aromatic N) is 3. The SMILES string of the molecule is COc1ccc(NC(=O)n2cnc(SSc3ccccc3)n2)cc1. The Hall–Kier alpha value is -2.45. The van der Waals surface area contributed by atoms with Crippen LogP contribution in [0.4, 0.5) is 10.5 Å². The summed E-state index contributed by atoms with van der Waals surface area (Å²) < 4.78 is 6.26. The van der Waals surface area contributed by atoms with E-state index in [4.69, 9.17) is 4.74 Å². The van der Waals surface area contributed by atoms with Gasteiger partial charge in [-0.3, -0.25) is 0 Å². The van der Waals surface area contributed by atoms with Gasteiger partial charge in [-0.05, 0) is 58.0 Å². The number of methoxy groups -OCH3 is 1. The molecule has 0 spiro atoms. The molecule has 1 aromatic heterocycles. The van der Waals surface area contributed by atoms with Crippen molar-refractivity contribution in [3.63, 3.8) is 0 Å². The van der Waals surface area contributed by atoms with Crippen LogP contribution in [-0.4, -0.2) is 27.9 Å². The molecule has 0 saturated heterocycles. The van der Waals surface area contributed by atoms with E-state index in [0.29, 0.717) is 10.8 Å². The van der Waals surface area contributed by atoms with Crippen LogP contribution in [0.1, 0.15) is 0 Å². The molecule has 8 heteroatoms. The first-order chi connectivity index (χ1) is 11.7. The second kappa shape index (κ2) is 7.89. The molecule has 0 bridgehead atoms. The third-order valence-electron chi connectivity index (χ3n) is 2.98. The molecule has 0 atom stereocenters. The molecule has 6 nitrogen and oxygen atoms in total. The summed E-state index contributed by atoms with van der Waals surface area (Å²) in [7, 11) is 4.53. The van der Waals surface area contributed by atoms with Crippen LogP contribution in [0.25, 0.3) is 0 Å². The first-order valence-corrected chi connectivity index (χ1v) is 9.16. The predicted molar refractivity (Wildman–Crippen MR) is 95.6 cm³/mol. The van der Waals surface area contributed by atoms with Crippen molar-refractivity contribution in [2.24, 2.45) is 0 Å². The zero-order chi connectivity index (χ0) is 16.8. The molecule has 0 unspecified atom stereocenters. The Morgan fingerprint density at radius 1 is 1.08 bits per heavy atom. The summed E-state index contributed by atoms with van der Waals surface area (Å²) in [5, 5.41) is 7.43. The van der Waals surface area contributed by atoms with Crippen LogP contribution in [0.3, 0.4) is 0 Å². The van der Waals surface area contributed by atoms with E-state index in [1.54, 1.807) is 31.4 Å². The van der Waals surface area contributed by atoms with E-state index in [0.717, 1.165) is 10.6 Å². The highest BCUT2D eigenvalue weighted by Gasteiger charge is 2.10. The lowest BCUT2D eigenvalue weighted by Crippen LogP contribution is -2.19. The predicted octanol–water partition coefficient (Wildman–Crippen LogP) is 4.17. The Morgan fingerprint density at radius 2 is 1.83 bits per heavy atom. The molecule has 0 fully saturated rings. The van der Waals surface area contributed by atoms with Gasteiger partial charge in [0.2, 0.25) is 5.16 Å². The minimum atomic E-state index is -0.371. The van der Waals surface area contributed by atoms with Crippen LogP contribution in [0.15, 0.2) is 71.0 Å². The summed E-state index contributed by atoms with van der Waals surface area (Å²) in [5.74, 6) is 0.727. The summed E-state index contributed by atoms with van der Waals surface area (Å²) in [4.78, 5) is 17.4. The minimum absolute atomic E-state index is 0.371. The molecule has 3 aromatic rings. The van der Waals surface area contributed by atoms with Crippen molar-refractivity contribution in [1.29, 1.82) is 0 Å². The molecular formula is C16H14N4O2S2. The molecule has 1 heterocycles. The normalized spacial score (nSPS) is 10.4. The fourth-order valence-corrected chi connectivity index (χ4v) is 3.53. The average molecular weight is 358 g/mol. The Kier molecular flexibility index (Phi) is 5.39. The minimum Gasteiger partial charge on any atom is -0.497 e. The number of anilines is 1. The highest BCUT2D eigenvalue weighted by atomic mass is 33.1. The number of hydrogen-bond acceptors (Lipinski definition) is 6. The summed E-state index contributed by atoms with van der Waals surface area (Å²) in [6.45, 7) is 0. The van der Waals surface area contributed by atoms with Crippen molar-refractivity contribution in [2.45, 2.75) is 10.1 Å². The van der Waals surface area contributed by atoms with E-state index in [1.807, 2.05) is 30.3 Å². The molecule has 0 radical (unpaired) electrons. The quantitative estimate of drug-likeness (QED) is 0.691. The summed E-state index contributed by atoms with van der Waals surface area (Å²) in [6.07, 6.45) is 1.40. The monoisotopic (exact) mass is 358 g/mol. The second-order valence-corrected chi connectivity index (χ2v) is 6.78. The van der Waals surface area contributed by atoms with Gasteiger partial charge < -0.3 is 10.1 Å². The molecule has 1 amide bonds. The first kappa shape index (κ1) is 16.4. The number of carbonyl (C=O) groups excluding carboxylic acids is 1. The van der Waals surface area contributed by atoms with E-state index in [2.05, 4.69) is 15.4 Å². The molecule has 1 N–H and O–H groups in total. The molecule has 24 heavy (non-hydrogen) atoms. The molecular weight excluding hydrogens is 344 g/mol. The van der Waals surface area contributed by atoms with E-state index < -0.39 is 0 Å². The Bertz CT molecular complexity index is 806. The third kappa shape index (κ3) is 4.30. The summed E-state index contributed by atoms with van der Waals surface area (Å²) in [6, 6.07) is 16.6. The van der Waals surface area contributed by atoms with E-state index in [1.165, 1.54) is 32.6 Å². The first-order valence-electron chi connectivity index (χ1n) is 7.01. The topological polar surface area (TPSA) is 69.0 Å². The van der Waals surface area contributed by atoms with Crippen molar-refractivity contribution < 1.29 is 9.53 Å². The molecule has 0 saturated carbocycles. The molecule has 122 valence electrons. The van der Waals surface area contributed by atoms with Gasteiger partial charge in [0.05, 0.1) is 7.11 Å². The Morgan fingerprint density at radius 3 is 2.54 bits per heavy atom. The Balaban J connectivity index is 1.58. The van der Waals surface area contributed by atoms with Crippen molar-refractivity contribution >= 4 is 33.3 Å². The van der Waals surface area contributed by atoms with Gasteiger partial charge in [-0.2, -0.15) is 4.68 Å². The largest absolute Gasteiger partial charge is 0.497 e. The van der Waals surface area contributed by atoms with E-state index in [-0.39, 0.29) is 6.03 Å². The fourth-order valence-electron chi connectivity index (χ4n) is 1.80. The lowest BCUT2D eigenvalue weighted by Gasteiger charge is -2.05. The van der Waals surface area contributed by atoms with E-state index in [9.17, 15) is 4.79 Å². The fraction of sp³-hybridized carbons (Fsp3) is 0.0625.